The van der Waals surface area contributed by atoms with E-state index in [9.17, 15) is 4.79 Å². The van der Waals surface area contributed by atoms with E-state index in [2.05, 4.69) is 22.5 Å². The highest BCUT2D eigenvalue weighted by Gasteiger charge is 2.33. The fraction of sp³-hybridized carbons (Fsp3) is 0.818. The fourth-order valence-corrected chi connectivity index (χ4v) is 1.40. The van der Waals surface area contributed by atoms with Gasteiger partial charge in [-0.2, -0.15) is 0 Å². The molecule has 2 atom stereocenters. The number of hydrogen-bond acceptors (Lipinski definition) is 2. The van der Waals surface area contributed by atoms with Gasteiger partial charge in [0.1, 0.15) is 0 Å². The fourth-order valence-electron chi connectivity index (χ4n) is 1.40. The Morgan fingerprint density at radius 3 is 2.47 bits per heavy atom. The molecule has 0 heterocycles. The molecule has 1 aliphatic carbocycles. The Kier molecular flexibility index (Phi) is 7.49. The highest BCUT2D eigenvalue weighted by Crippen LogP contribution is 2.28. The monoisotopic (exact) mass is 354 g/mol. The summed E-state index contributed by atoms with van der Waals surface area (Å²) in [4.78, 5) is 17.0. The zero-order valence-electron chi connectivity index (χ0n) is 11.0. The first-order valence-electron chi connectivity index (χ1n) is 5.72. The number of carbonyl (C=O) groups excluding carboxylic acids is 1. The Hall–Kier alpha value is -0.530. The minimum absolute atomic E-state index is 0. The van der Waals surface area contributed by atoms with Crippen LogP contribution in [0.25, 0.3) is 0 Å². The minimum atomic E-state index is 0. The van der Waals surface area contributed by atoms with Gasteiger partial charge in [-0.25, -0.2) is 0 Å². The van der Waals surface area contributed by atoms with Crippen molar-refractivity contribution in [3.63, 3.8) is 0 Å². The van der Waals surface area contributed by atoms with Gasteiger partial charge < -0.3 is 15.5 Å². The summed E-state index contributed by atoms with van der Waals surface area (Å²) in [5.41, 5.74) is 0. The molecular formula is C11H23IN4O. The highest BCUT2D eigenvalue weighted by atomic mass is 127. The molecule has 6 heteroatoms. The van der Waals surface area contributed by atoms with Gasteiger partial charge in [-0.05, 0) is 12.3 Å². The molecule has 0 bridgehead atoms. The summed E-state index contributed by atoms with van der Waals surface area (Å²) in [6.07, 6.45) is 1.70. The molecule has 2 N–H and O–H groups in total. The van der Waals surface area contributed by atoms with E-state index in [0.717, 1.165) is 11.9 Å². The molecule has 100 valence electrons. The molecule has 1 fully saturated rings. The van der Waals surface area contributed by atoms with Crippen molar-refractivity contribution >= 4 is 35.8 Å². The molecule has 0 saturated heterocycles. The molecule has 0 aromatic rings. The van der Waals surface area contributed by atoms with Gasteiger partial charge in [0.05, 0.1) is 0 Å². The van der Waals surface area contributed by atoms with Crippen LogP contribution in [0.3, 0.4) is 0 Å². The van der Waals surface area contributed by atoms with Crippen LogP contribution in [-0.2, 0) is 4.79 Å². The zero-order valence-corrected chi connectivity index (χ0v) is 13.3. The average Bonchev–Trinajstić information content (AvgIpc) is 2.92. The largest absolute Gasteiger partial charge is 0.356 e. The van der Waals surface area contributed by atoms with Gasteiger partial charge in [-0.1, -0.05) is 6.92 Å². The first-order valence-corrected chi connectivity index (χ1v) is 5.72. The van der Waals surface area contributed by atoms with Crippen LogP contribution >= 0.6 is 24.0 Å². The third-order valence-electron chi connectivity index (χ3n) is 2.79. The molecular weight excluding hydrogens is 331 g/mol. The number of aliphatic imine (C=N–C) groups is 1. The molecule has 5 nitrogen and oxygen atoms in total. The molecule has 1 aliphatic rings. The topological polar surface area (TPSA) is 56.7 Å². The van der Waals surface area contributed by atoms with E-state index in [-0.39, 0.29) is 29.9 Å². The maximum absolute atomic E-state index is 11.3. The second kappa shape index (κ2) is 7.73. The third-order valence-corrected chi connectivity index (χ3v) is 2.79. The minimum Gasteiger partial charge on any atom is -0.356 e. The second-order valence-electron chi connectivity index (χ2n) is 4.50. The molecule has 0 aromatic carbocycles. The maximum atomic E-state index is 11.3. The van der Waals surface area contributed by atoms with E-state index < -0.39 is 0 Å². The predicted octanol–water partition coefficient (Wildman–Crippen LogP) is 0.656. The van der Waals surface area contributed by atoms with Gasteiger partial charge >= 0.3 is 0 Å². The average molecular weight is 354 g/mol. The van der Waals surface area contributed by atoms with Crippen molar-refractivity contribution in [3.05, 3.63) is 0 Å². The molecule has 0 spiro atoms. The summed E-state index contributed by atoms with van der Waals surface area (Å²) in [5, 5.41) is 6.45. The van der Waals surface area contributed by atoms with Gasteiger partial charge in [0, 0.05) is 40.2 Å². The standard InChI is InChI=1S/C11H22N4O.HI/c1-8-7-9(8)14-11(12-2)13-6-5-10(16)15(3)4;/h8-9H,5-7H2,1-4H3,(H2,12,13,14);1H. The molecule has 1 amide bonds. The molecule has 1 rings (SSSR count). The normalized spacial score (nSPS) is 22.5. The summed E-state index contributed by atoms with van der Waals surface area (Å²) in [5.74, 6) is 1.66. The summed E-state index contributed by atoms with van der Waals surface area (Å²) < 4.78 is 0. The van der Waals surface area contributed by atoms with E-state index in [0.29, 0.717) is 19.0 Å². The number of hydrogen-bond donors (Lipinski definition) is 2. The molecule has 0 radical (unpaired) electrons. The Labute approximate surface area is 120 Å². The number of guanidine groups is 1. The van der Waals surface area contributed by atoms with Crippen molar-refractivity contribution < 1.29 is 4.79 Å². The second-order valence-corrected chi connectivity index (χ2v) is 4.50. The molecule has 17 heavy (non-hydrogen) atoms. The van der Waals surface area contributed by atoms with Crippen LogP contribution in [0, 0.1) is 5.92 Å². The van der Waals surface area contributed by atoms with Crippen LogP contribution in [0.1, 0.15) is 19.8 Å². The SMILES string of the molecule is CN=C(NCCC(=O)N(C)C)NC1CC1C.I. The Morgan fingerprint density at radius 1 is 1.47 bits per heavy atom. The van der Waals surface area contributed by atoms with Crippen molar-refractivity contribution in [2.24, 2.45) is 10.9 Å². The van der Waals surface area contributed by atoms with Crippen LogP contribution in [0.2, 0.25) is 0 Å². The van der Waals surface area contributed by atoms with Crippen LogP contribution in [-0.4, -0.2) is 50.5 Å². The van der Waals surface area contributed by atoms with Crippen molar-refractivity contribution in [2.45, 2.75) is 25.8 Å². The highest BCUT2D eigenvalue weighted by molar-refractivity contribution is 14.0. The first-order chi connectivity index (χ1) is 7.54. The molecule has 0 aromatic heterocycles. The lowest BCUT2D eigenvalue weighted by molar-refractivity contribution is -0.128. The quantitative estimate of drug-likeness (QED) is 0.443. The van der Waals surface area contributed by atoms with Crippen molar-refractivity contribution in [2.75, 3.05) is 27.7 Å². The predicted molar refractivity (Wildman–Crippen MR) is 80.8 cm³/mol. The lowest BCUT2D eigenvalue weighted by Gasteiger charge is -2.13. The van der Waals surface area contributed by atoms with Crippen molar-refractivity contribution in [1.29, 1.82) is 0 Å². The first kappa shape index (κ1) is 16.5. The lowest BCUT2D eigenvalue weighted by atomic mass is 10.4. The van der Waals surface area contributed by atoms with Crippen LogP contribution < -0.4 is 10.6 Å². The van der Waals surface area contributed by atoms with Crippen molar-refractivity contribution in [3.8, 4) is 0 Å². The number of amides is 1. The van der Waals surface area contributed by atoms with Gasteiger partial charge in [0.25, 0.3) is 0 Å². The van der Waals surface area contributed by atoms with E-state index in [1.807, 2.05) is 0 Å². The van der Waals surface area contributed by atoms with Gasteiger partial charge in [0.2, 0.25) is 5.91 Å². The van der Waals surface area contributed by atoms with Gasteiger partial charge in [0.15, 0.2) is 5.96 Å². The van der Waals surface area contributed by atoms with Crippen molar-refractivity contribution in [1.82, 2.24) is 15.5 Å². The maximum Gasteiger partial charge on any atom is 0.223 e. The lowest BCUT2D eigenvalue weighted by Crippen LogP contribution is -2.40. The number of halogens is 1. The number of rotatable bonds is 4. The van der Waals surface area contributed by atoms with Crippen LogP contribution in [0.4, 0.5) is 0 Å². The van der Waals surface area contributed by atoms with Crippen LogP contribution in [0.15, 0.2) is 4.99 Å². The Balaban J connectivity index is 0.00000256. The molecule has 1 saturated carbocycles. The number of nitrogens with one attached hydrogen (secondary N) is 2. The smallest absolute Gasteiger partial charge is 0.223 e. The van der Waals surface area contributed by atoms with E-state index in [1.54, 1.807) is 26.0 Å². The summed E-state index contributed by atoms with van der Waals surface area (Å²) in [7, 11) is 5.28. The summed E-state index contributed by atoms with van der Waals surface area (Å²) in [6.45, 7) is 2.83. The third kappa shape index (κ3) is 6.09. The molecule has 2 unspecified atom stereocenters. The summed E-state index contributed by atoms with van der Waals surface area (Å²) >= 11 is 0. The van der Waals surface area contributed by atoms with Gasteiger partial charge in [-0.3, -0.25) is 9.79 Å². The van der Waals surface area contributed by atoms with E-state index in [4.69, 9.17) is 0 Å². The van der Waals surface area contributed by atoms with Crippen LogP contribution in [0.5, 0.6) is 0 Å². The van der Waals surface area contributed by atoms with E-state index >= 15 is 0 Å². The number of carbonyl (C=O) groups is 1. The Morgan fingerprint density at radius 2 is 2.06 bits per heavy atom. The van der Waals surface area contributed by atoms with E-state index in [1.165, 1.54) is 6.42 Å². The molecule has 0 aliphatic heterocycles. The Bertz CT molecular complexity index is 281. The van der Waals surface area contributed by atoms with Gasteiger partial charge in [-0.15, -0.1) is 24.0 Å². The number of nitrogens with zero attached hydrogens (tertiary/aromatic N) is 2. The summed E-state index contributed by atoms with van der Waals surface area (Å²) in [6, 6.07) is 0.552. The zero-order chi connectivity index (χ0) is 12.1.